The minimum atomic E-state index is -0.463. The van der Waals surface area contributed by atoms with Gasteiger partial charge in [-0.25, -0.2) is 0 Å². The monoisotopic (exact) mass is 333 g/mol. The maximum atomic E-state index is 5.99. The van der Waals surface area contributed by atoms with Gasteiger partial charge < -0.3 is 0 Å². The molecule has 0 amide bonds. The van der Waals surface area contributed by atoms with Gasteiger partial charge in [0.1, 0.15) is 0 Å². The van der Waals surface area contributed by atoms with Gasteiger partial charge in [0.15, 0.2) is 0 Å². The van der Waals surface area contributed by atoms with E-state index in [1.165, 1.54) is 0 Å². The molecule has 0 aliphatic carbocycles. The fourth-order valence-corrected chi connectivity index (χ4v) is 2.72. The normalized spacial score (nSPS) is 13.5. The minimum absolute atomic E-state index is 0.115. The molecule has 8 nitrogen and oxygen atoms in total. The van der Waals surface area contributed by atoms with Crippen molar-refractivity contribution in [2.24, 2.45) is 18.9 Å². The number of nitrogens with zero attached hydrogens (tertiary/aromatic N) is 5. The number of hydrogen-bond donors (Lipinski definition) is 2. The predicted molar refractivity (Wildman–Crippen MR) is 94.5 cm³/mol. The van der Waals surface area contributed by atoms with Gasteiger partial charge in [0, 0.05) is 0 Å². The van der Waals surface area contributed by atoms with Crippen molar-refractivity contribution >= 4 is 21.5 Å². The molecule has 0 radical (unpaired) electrons. The molecule has 0 spiro atoms. The third-order valence-electron chi connectivity index (χ3n) is 3.96. The fraction of sp³-hybridized carbons (Fsp3) is 0.143. The molecule has 0 atom stereocenters. The Bertz CT molecular complexity index is 909. The van der Waals surface area contributed by atoms with Crippen LogP contribution in [0.5, 0.6) is 5.75 Å². The molecule has 0 saturated carbocycles. The number of hydrogen-bond acceptors (Lipinski definition) is 4. The van der Waals surface area contributed by atoms with Crippen molar-refractivity contribution in [1.82, 2.24) is 19.4 Å². The Morgan fingerprint density at radius 2 is 2.16 bits per heavy atom. The van der Waals surface area contributed by atoms with Crippen LogP contribution in [-0.4, -0.2) is 30.6 Å². The van der Waals surface area contributed by atoms with E-state index in [9.17, 15) is 0 Å². The SMILES string of the molecule is Cn1cc[n+](B2NB=NB(Oc3cccc(-n4cc[n+](C)c4)c3)N2)c1. The Kier molecular flexibility index (Phi) is 4.15. The van der Waals surface area contributed by atoms with Crippen LogP contribution in [0.1, 0.15) is 0 Å². The molecule has 1 aliphatic heterocycles. The third kappa shape index (κ3) is 3.51. The topological polar surface area (TPSA) is 63.3 Å². The molecule has 3 heterocycles. The van der Waals surface area contributed by atoms with Crippen molar-refractivity contribution in [3.8, 4) is 11.4 Å². The molecule has 1 aromatic carbocycles. The van der Waals surface area contributed by atoms with Gasteiger partial charge in [-0.05, 0) is 0 Å². The summed E-state index contributed by atoms with van der Waals surface area (Å²) in [5.74, 6) is 0.752. The number of nitrogens with one attached hydrogen (secondary N) is 2. The Morgan fingerprint density at radius 1 is 1.24 bits per heavy atom. The first-order chi connectivity index (χ1) is 12.2. The van der Waals surface area contributed by atoms with Crippen LogP contribution in [0, 0.1) is 0 Å². The molecular weight excluding hydrogens is 315 g/mol. The summed E-state index contributed by atoms with van der Waals surface area (Å²) >= 11 is 0. The average molecular weight is 333 g/mol. The van der Waals surface area contributed by atoms with E-state index in [-0.39, 0.29) is 7.12 Å². The van der Waals surface area contributed by atoms with E-state index in [4.69, 9.17) is 4.65 Å². The Morgan fingerprint density at radius 3 is 2.92 bits per heavy atom. The van der Waals surface area contributed by atoms with Crippen LogP contribution in [-0.2, 0) is 14.1 Å². The summed E-state index contributed by atoms with van der Waals surface area (Å²) in [5, 5.41) is 6.47. The second-order valence-electron chi connectivity index (χ2n) is 5.99. The molecule has 0 bridgehead atoms. The van der Waals surface area contributed by atoms with E-state index in [1.54, 1.807) is 7.21 Å². The summed E-state index contributed by atoms with van der Waals surface area (Å²) < 4.78 is 14.0. The van der Waals surface area contributed by atoms with Crippen LogP contribution in [0.25, 0.3) is 5.69 Å². The average Bonchev–Trinajstić information content (AvgIpc) is 3.24. The predicted octanol–water partition coefficient (Wildman–Crippen LogP) is -1.18. The van der Waals surface area contributed by atoms with Crippen molar-refractivity contribution in [3.05, 3.63) is 61.7 Å². The zero-order chi connectivity index (χ0) is 17.2. The van der Waals surface area contributed by atoms with Crippen molar-refractivity contribution in [2.75, 3.05) is 0 Å². The van der Waals surface area contributed by atoms with Crippen LogP contribution in [0.3, 0.4) is 0 Å². The number of rotatable bonds is 4. The number of aryl methyl sites for hydroxylation is 2. The molecule has 2 aromatic heterocycles. The molecule has 0 unspecified atom stereocenters. The van der Waals surface area contributed by atoms with E-state index >= 15 is 0 Å². The van der Waals surface area contributed by atoms with Gasteiger partial charge in [0.05, 0.1) is 0 Å². The van der Waals surface area contributed by atoms with E-state index in [0.717, 1.165) is 11.4 Å². The molecule has 122 valence electrons. The molecule has 3 aromatic rings. The number of aromatic nitrogens is 4. The number of benzene rings is 1. The Hall–Kier alpha value is -2.81. The van der Waals surface area contributed by atoms with Gasteiger partial charge in [0.25, 0.3) is 0 Å². The zero-order valence-corrected chi connectivity index (χ0v) is 14.1. The molecule has 0 fully saturated rings. The summed E-state index contributed by atoms with van der Waals surface area (Å²) in [6.07, 6.45) is 11.9. The first-order valence-electron chi connectivity index (χ1n) is 8.04. The summed E-state index contributed by atoms with van der Waals surface area (Å²) in [6.45, 7) is 0. The van der Waals surface area contributed by atoms with Crippen molar-refractivity contribution in [3.63, 3.8) is 0 Å². The van der Waals surface area contributed by atoms with Crippen LogP contribution < -0.4 is 24.0 Å². The van der Waals surface area contributed by atoms with Gasteiger partial charge >= 0.3 is 147 Å². The van der Waals surface area contributed by atoms with E-state index in [1.807, 2.05) is 94.0 Å². The molecule has 25 heavy (non-hydrogen) atoms. The van der Waals surface area contributed by atoms with Crippen LogP contribution in [0.2, 0.25) is 0 Å². The van der Waals surface area contributed by atoms with Crippen LogP contribution in [0.15, 0.2) is 66.5 Å². The van der Waals surface area contributed by atoms with E-state index in [0.29, 0.717) is 0 Å². The van der Waals surface area contributed by atoms with Gasteiger partial charge in [0.2, 0.25) is 0 Å². The molecule has 11 heteroatoms. The van der Waals surface area contributed by atoms with Crippen molar-refractivity contribution < 1.29 is 13.7 Å². The summed E-state index contributed by atoms with van der Waals surface area (Å²) in [4.78, 5) is 4.31. The third-order valence-corrected chi connectivity index (χ3v) is 3.96. The van der Waals surface area contributed by atoms with Crippen LogP contribution >= 0.6 is 0 Å². The molecule has 4 rings (SSSR count). The second kappa shape index (κ2) is 6.60. The second-order valence-corrected chi connectivity index (χ2v) is 5.99. The zero-order valence-electron chi connectivity index (χ0n) is 14.1. The van der Waals surface area contributed by atoms with E-state index in [2.05, 4.69) is 15.1 Å². The number of imidazole rings is 2. The Labute approximate surface area is 147 Å². The van der Waals surface area contributed by atoms with Gasteiger partial charge in [-0.1, -0.05) is 0 Å². The van der Waals surface area contributed by atoms with Gasteiger partial charge in [-0.2, -0.15) is 0 Å². The summed E-state index contributed by atoms with van der Waals surface area (Å²) in [6, 6.07) is 7.92. The van der Waals surface area contributed by atoms with Crippen molar-refractivity contribution in [2.45, 2.75) is 0 Å². The molecular formula is C14H18B3N7O+2. The van der Waals surface area contributed by atoms with E-state index < -0.39 is 7.19 Å². The Balaban J connectivity index is 1.48. The fourth-order valence-electron chi connectivity index (χ4n) is 2.72. The van der Waals surface area contributed by atoms with Crippen molar-refractivity contribution in [1.29, 1.82) is 0 Å². The molecule has 1 aliphatic rings. The van der Waals surface area contributed by atoms with Gasteiger partial charge in [-0.15, -0.1) is 0 Å². The van der Waals surface area contributed by atoms with Gasteiger partial charge in [-0.3, -0.25) is 0 Å². The molecule has 2 N–H and O–H groups in total. The standard InChI is InChI=1S/C14H18B3N7O/c1-21-6-8-23(11-21)13-4-3-5-14(10-13)25-17-19-15-18-16(20-17)24-9-7-22(2)12-24/h3-12,18,20H,1-2H3/q+2. The molecule has 0 saturated heterocycles. The first kappa shape index (κ1) is 15.7. The first-order valence-corrected chi connectivity index (χ1v) is 8.04. The summed E-state index contributed by atoms with van der Waals surface area (Å²) in [5.41, 5.74) is 1.03. The quantitative estimate of drug-likeness (QED) is 0.467. The summed E-state index contributed by atoms with van der Waals surface area (Å²) in [7, 11) is 5.06. The van der Waals surface area contributed by atoms with Crippen LogP contribution in [0.4, 0.5) is 0 Å². The maximum absolute atomic E-state index is 5.99.